The Hall–Kier alpha value is -1.55. The van der Waals surface area contributed by atoms with E-state index in [1.54, 1.807) is 0 Å². The smallest absolute Gasteiger partial charge is 0.353 e. The van der Waals surface area contributed by atoms with Crippen LogP contribution in [-0.2, 0) is 11.5 Å². The largest absolute Gasteiger partial charge is 0.394 e. The van der Waals surface area contributed by atoms with Crippen LogP contribution in [0.15, 0.2) is 11.1 Å². The van der Waals surface area contributed by atoms with E-state index in [4.69, 9.17) is 20.7 Å². The van der Waals surface area contributed by atoms with Gasteiger partial charge in [0.2, 0.25) is 5.95 Å². The monoisotopic (exact) mass is 260 g/mol. The fraction of sp³-hybridized carbons (Fsp3) is 0.667. The Morgan fingerprint density at radius 2 is 2.22 bits per heavy atom. The van der Waals surface area contributed by atoms with Crippen LogP contribution in [0.2, 0.25) is 0 Å². The van der Waals surface area contributed by atoms with E-state index in [2.05, 4.69) is 9.97 Å². The second-order valence-electron chi connectivity index (χ2n) is 3.71. The number of hydrogen-bond acceptors (Lipinski definition) is 8. The molecule has 0 spiro atoms. The van der Waals surface area contributed by atoms with E-state index in [0.29, 0.717) is 0 Å². The highest BCUT2D eigenvalue weighted by Crippen LogP contribution is 2.04. The van der Waals surface area contributed by atoms with E-state index in [9.17, 15) is 9.90 Å². The molecule has 0 saturated heterocycles. The van der Waals surface area contributed by atoms with Gasteiger partial charge in [0.1, 0.15) is 25.3 Å². The van der Waals surface area contributed by atoms with Gasteiger partial charge in [-0.05, 0) is 6.92 Å². The number of ether oxygens (including phenoxy) is 1. The number of aliphatic hydroxyl groups is 3. The highest BCUT2D eigenvalue weighted by Gasteiger charge is 2.23. The van der Waals surface area contributed by atoms with Gasteiger partial charge in [0, 0.05) is 0 Å². The van der Waals surface area contributed by atoms with Crippen LogP contribution >= 0.6 is 0 Å². The summed E-state index contributed by atoms with van der Waals surface area (Å²) >= 11 is 0. The third-order valence-corrected chi connectivity index (χ3v) is 2.27. The molecular formula is C9H16N4O5. The first-order valence-electron chi connectivity index (χ1n) is 5.23. The number of nitrogen functional groups attached to an aromatic ring is 1. The van der Waals surface area contributed by atoms with Crippen molar-refractivity contribution in [2.24, 2.45) is 0 Å². The minimum absolute atomic E-state index is 0.154. The highest BCUT2D eigenvalue weighted by molar-refractivity contribution is 5.09. The van der Waals surface area contributed by atoms with Crippen LogP contribution in [0, 0.1) is 0 Å². The van der Waals surface area contributed by atoms with Crippen LogP contribution in [0.5, 0.6) is 0 Å². The van der Waals surface area contributed by atoms with Gasteiger partial charge in [-0.25, -0.2) is 9.78 Å². The Morgan fingerprint density at radius 1 is 1.56 bits per heavy atom. The van der Waals surface area contributed by atoms with Crippen molar-refractivity contribution in [3.8, 4) is 0 Å². The molecule has 3 atom stereocenters. The molecule has 1 aromatic heterocycles. The number of nitrogens with two attached hydrogens (primary N) is 1. The highest BCUT2D eigenvalue weighted by atomic mass is 16.5. The average molecular weight is 260 g/mol. The molecule has 102 valence electrons. The van der Waals surface area contributed by atoms with Gasteiger partial charge in [0.15, 0.2) is 0 Å². The Morgan fingerprint density at radius 3 is 2.72 bits per heavy atom. The Balaban J connectivity index is 2.65. The first-order valence-corrected chi connectivity index (χ1v) is 5.23. The molecule has 0 saturated carbocycles. The van der Waals surface area contributed by atoms with Gasteiger partial charge in [-0.2, -0.15) is 4.98 Å². The quantitative estimate of drug-likeness (QED) is 0.432. The van der Waals surface area contributed by atoms with Crippen molar-refractivity contribution in [3.63, 3.8) is 0 Å². The number of anilines is 1. The molecule has 0 aliphatic rings. The molecule has 0 bridgehead atoms. The lowest BCUT2D eigenvalue weighted by molar-refractivity contribution is -0.120. The maximum atomic E-state index is 11.3. The van der Waals surface area contributed by atoms with E-state index in [0.717, 1.165) is 10.9 Å². The van der Waals surface area contributed by atoms with Gasteiger partial charge >= 0.3 is 5.69 Å². The molecule has 1 heterocycles. The van der Waals surface area contributed by atoms with Crippen LogP contribution in [0.3, 0.4) is 0 Å². The molecule has 0 aromatic carbocycles. The zero-order chi connectivity index (χ0) is 13.7. The summed E-state index contributed by atoms with van der Waals surface area (Å²) in [4.78, 5) is 18.3. The lowest BCUT2D eigenvalue weighted by Crippen LogP contribution is -2.41. The topological polar surface area (TPSA) is 144 Å². The van der Waals surface area contributed by atoms with E-state index in [1.165, 1.54) is 6.92 Å². The summed E-state index contributed by atoms with van der Waals surface area (Å²) in [6.45, 7) is 0.583. The minimum Gasteiger partial charge on any atom is -0.394 e. The summed E-state index contributed by atoms with van der Waals surface area (Å²) < 4.78 is 6.11. The van der Waals surface area contributed by atoms with Gasteiger partial charge in [-0.1, -0.05) is 0 Å². The summed E-state index contributed by atoms with van der Waals surface area (Å²) in [6, 6.07) is 0. The predicted octanol–water partition coefficient (Wildman–Crippen LogP) is -2.70. The molecule has 1 aromatic rings. The van der Waals surface area contributed by atoms with Crippen LogP contribution in [0.4, 0.5) is 5.95 Å². The van der Waals surface area contributed by atoms with Crippen molar-refractivity contribution < 1.29 is 20.1 Å². The molecule has 1 rings (SSSR count). The van der Waals surface area contributed by atoms with Gasteiger partial charge in [0.25, 0.3) is 0 Å². The van der Waals surface area contributed by atoms with E-state index < -0.39 is 30.6 Å². The Labute approximate surface area is 102 Å². The van der Waals surface area contributed by atoms with Gasteiger partial charge in [-0.15, -0.1) is 0 Å². The predicted molar refractivity (Wildman–Crippen MR) is 60.4 cm³/mol. The second kappa shape index (κ2) is 6.40. The fourth-order valence-electron chi connectivity index (χ4n) is 1.20. The normalized spacial score (nSPS) is 16.2. The van der Waals surface area contributed by atoms with Gasteiger partial charge in [0.05, 0.1) is 12.7 Å². The number of aliphatic hydroxyl groups excluding tert-OH is 3. The van der Waals surface area contributed by atoms with Crippen molar-refractivity contribution >= 4 is 5.95 Å². The van der Waals surface area contributed by atoms with Crippen molar-refractivity contribution in [1.29, 1.82) is 0 Å². The van der Waals surface area contributed by atoms with E-state index in [1.807, 2.05) is 0 Å². The number of hydrogen-bond donors (Lipinski definition) is 4. The Bertz CT molecular complexity index is 435. The van der Waals surface area contributed by atoms with Crippen LogP contribution in [0.1, 0.15) is 6.92 Å². The third-order valence-electron chi connectivity index (χ3n) is 2.27. The standard InChI is InChI=1S/C9H16N4O5/c1-5(15)7(16)6(2-14)18-4-13-3-11-8(10)12-9(13)17/h3,5-7,14-16H,2,4H2,1H3,(H2,10,12,17)/t5-,6-,7+/m1/s1. The lowest BCUT2D eigenvalue weighted by atomic mass is 10.1. The summed E-state index contributed by atoms with van der Waals surface area (Å²) in [6.07, 6.45) is -2.22. The number of nitrogens with zero attached hydrogens (tertiary/aromatic N) is 3. The number of rotatable bonds is 6. The SMILES string of the molecule is C[C@@H](O)[C@H](O)[C@@H](CO)OCn1cnc(N)nc1=O. The maximum absolute atomic E-state index is 11.3. The zero-order valence-corrected chi connectivity index (χ0v) is 9.80. The summed E-state index contributed by atoms with van der Waals surface area (Å²) in [5.74, 6) is -0.154. The van der Waals surface area contributed by atoms with Gasteiger partial charge < -0.3 is 25.8 Å². The van der Waals surface area contributed by atoms with Crippen LogP contribution < -0.4 is 11.4 Å². The lowest BCUT2D eigenvalue weighted by Gasteiger charge is -2.23. The summed E-state index contributed by atoms with van der Waals surface area (Å²) in [7, 11) is 0. The van der Waals surface area contributed by atoms with Crippen LogP contribution in [0.25, 0.3) is 0 Å². The van der Waals surface area contributed by atoms with Crippen LogP contribution in [-0.4, -0.2) is 54.8 Å². The molecule has 0 aliphatic carbocycles. The van der Waals surface area contributed by atoms with E-state index in [-0.39, 0.29) is 12.7 Å². The fourth-order valence-corrected chi connectivity index (χ4v) is 1.20. The first-order chi connectivity index (χ1) is 8.45. The molecule has 0 aliphatic heterocycles. The number of aromatic nitrogens is 3. The zero-order valence-electron chi connectivity index (χ0n) is 9.80. The summed E-state index contributed by atoms with van der Waals surface area (Å²) in [5, 5.41) is 27.7. The molecule has 9 nitrogen and oxygen atoms in total. The second-order valence-corrected chi connectivity index (χ2v) is 3.71. The molecule has 0 radical (unpaired) electrons. The molecule has 18 heavy (non-hydrogen) atoms. The molecule has 5 N–H and O–H groups in total. The summed E-state index contributed by atoms with van der Waals surface area (Å²) in [5.41, 5.74) is 4.55. The molecule has 9 heteroatoms. The van der Waals surface area contributed by atoms with Crippen molar-refractivity contribution in [1.82, 2.24) is 14.5 Å². The first kappa shape index (κ1) is 14.5. The molecule has 0 amide bonds. The average Bonchev–Trinajstić information content (AvgIpc) is 2.31. The molecule has 0 unspecified atom stereocenters. The van der Waals surface area contributed by atoms with Crippen molar-refractivity contribution in [2.45, 2.75) is 32.0 Å². The Kier molecular flexibility index (Phi) is 5.16. The van der Waals surface area contributed by atoms with Crippen molar-refractivity contribution in [3.05, 3.63) is 16.8 Å². The maximum Gasteiger partial charge on any atom is 0.353 e. The molecule has 0 fully saturated rings. The molecular weight excluding hydrogens is 244 g/mol. The van der Waals surface area contributed by atoms with Crippen molar-refractivity contribution in [2.75, 3.05) is 12.3 Å². The van der Waals surface area contributed by atoms with Gasteiger partial charge in [-0.3, -0.25) is 4.57 Å². The van der Waals surface area contributed by atoms with E-state index >= 15 is 0 Å². The third kappa shape index (κ3) is 3.74. The minimum atomic E-state index is -1.26.